The number of nitrogens with zero attached hydrogens (tertiary/aromatic N) is 1. The number of fused-ring (bicyclic) bond motifs is 1. The summed E-state index contributed by atoms with van der Waals surface area (Å²) in [6.07, 6.45) is 0. The molecule has 0 saturated carbocycles. The number of hydrogen-bond donors (Lipinski definition) is 1. The quantitative estimate of drug-likeness (QED) is 0.778. The zero-order valence-electron chi connectivity index (χ0n) is 14.5. The Bertz CT molecular complexity index is 978. The topological polar surface area (TPSA) is 73.6 Å². The normalized spacial score (nSPS) is 12.2. The molecule has 2 aromatic carbocycles. The molecule has 0 spiro atoms. The van der Waals surface area contributed by atoms with Crippen molar-refractivity contribution in [2.24, 2.45) is 0 Å². The SMILES string of the molecule is Cc1ccccc1CNC(=O)c1c(C)noc1-c1ccc2c(c1)OCO2. The maximum Gasteiger partial charge on any atom is 0.257 e. The van der Waals surface area contributed by atoms with Gasteiger partial charge in [-0.3, -0.25) is 4.79 Å². The number of aryl methyl sites for hydroxylation is 2. The van der Waals surface area contributed by atoms with Crippen molar-refractivity contribution in [1.82, 2.24) is 10.5 Å². The van der Waals surface area contributed by atoms with Crippen molar-refractivity contribution in [3.63, 3.8) is 0 Å². The molecular weight excluding hydrogens is 332 g/mol. The molecule has 1 aliphatic rings. The van der Waals surface area contributed by atoms with Gasteiger partial charge in [0.15, 0.2) is 17.3 Å². The number of ether oxygens (including phenoxy) is 2. The lowest BCUT2D eigenvalue weighted by molar-refractivity contribution is 0.0950. The highest BCUT2D eigenvalue weighted by Gasteiger charge is 2.24. The lowest BCUT2D eigenvalue weighted by Gasteiger charge is -2.08. The van der Waals surface area contributed by atoms with Crippen LogP contribution in [0.5, 0.6) is 11.5 Å². The van der Waals surface area contributed by atoms with Crippen molar-refractivity contribution in [2.45, 2.75) is 20.4 Å². The molecule has 0 unspecified atom stereocenters. The van der Waals surface area contributed by atoms with Crippen LogP contribution in [-0.4, -0.2) is 17.9 Å². The van der Waals surface area contributed by atoms with E-state index in [4.69, 9.17) is 14.0 Å². The monoisotopic (exact) mass is 350 g/mol. The Balaban J connectivity index is 1.60. The second-order valence-corrected chi connectivity index (χ2v) is 6.15. The van der Waals surface area contributed by atoms with Gasteiger partial charge >= 0.3 is 0 Å². The molecule has 6 nitrogen and oxygen atoms in total. The summed E-state index contributed by atoms with van der Waals surface area (Å²) in [5.41, 5.74) is 3.89. The van der Waals surface area contributed by atoms with Crippen LogP contribution in [0.25, 0.3) is 11.3 Å². The Morgan fingerprint density at radius 3 is 2.77 bits per heavy atom. The van der Waals surface area contributed by atoms with E-state index in [0.29, 0.717) is 35.1 Å². The molecule has 132 valence electrons. The minimum atomic E-state index is -0.223. The van der Waals surface area contributed by atoms with Gasteiger partial charge in [0.05, 0.1) is 5.69 Å². The highest BCUT2D eigenvalue weighted by atomic mass is 16.7. The molecular formula is C20H18N2O4. The maximum atomic E-state index is 12.8. The molecule has 3 aromatic rings. The summed E-state index contributed by atoms with van der Waals surface area (Å²) in [6.45, 7) is 4.40. The van der Waals surface area contributed by atoms with E-state index in [9.17, 15) is 4.79 Å². The van der Waals surface area contributed by atoms with Gasteiger partial charge in [-0.1, -0.05) is 29.4 Å². The minimum absolute atomic E-state index is 0.192. The molecule has 2 heterocycles. The van der Waals surface area contributed by atoms with Gasteiger partial charge < -0.3 is 19.3 Å². The fraction of sp³-hybridized carbons (Fsp3) is 0.200. The van der Waals surface area contributed by atoms with Crippen LogP contribution in [0.2, 0.25) is 0 Å². The standard InChI is InChI=1S/C20H18N2O4/c1-12-5-3-4-6-15(12)10-21-20(23)18-13(2)22-26-19(18)14-7-8-16-17(9-14)25-11-24-16/h3-9H,10-11H2,1-2H3,(H,21,23). The van der Waals surface area contributed by atoms with E-state index in [1.165, 1.54) is 0 Å². The van der Waals surface area contributed by atoms with Gasteiger partial charge in [-0.15, -0.1) is 0 Å². The smallest absolute Gasteiger partial charge is 0.257 e. The molecule has 1 aromatic heterocycles. The predicted octanol–water partition coefficient (Wildman–Crippen LogP) is 3.62. The largest absolute Gasteiger partial charge is 0.454 e. The average Bonchev–Trinajstić information content (AvgIpc) is 3.26. The van der Waals surface area contributed by atoms with Gasteiger partial charge in [0.25, 0.3) is 5.91 Å². The van der Waals surface area contributed by atoms with E-state index < -0.39 is 0 Å². The molecule has 0 fully saturated rings. The summed E-state index contributed by atoms with van der Waals surface area (Å²) in [4.78, 5) is 12.8. The highest BCUT2D eigenvalue weighted by Crippen LogP contribution is 2.37. The van der Waals surface area contributed by atoms with Gasteiger partial charge in [-0.25, -0.2) is 0 Å². The summed E-state index contributed by atoms with van der Waals surface area (Å²) in [5.74, 6) is 1.50. The lowest BCUT2D eigenvalue weighted by atomic mass is 10.1. The Hall–Kier alpha value is -3.28. The van der Waals surface area contributed by atoms with Gasteiger partial charge in [-0.2, -0.15) is 0 Å². The first-order chi connectivity index (χ1) is 12.6. The summed E-state index contributed by atoms with van der Waals surface area (Å²) < 4.78 is 16.2. The number of rotatable bonds is 4. The lowest BCUT2D eigenvalue weighted by Crippen LogP contribution is -2.24. The fourth-order valence-electron chi connectivity index (χ4n) is 2.94. The van der Waals surface area contributed by atoms with Crippen molar-refractivity contribution >= 4 is 5.91 Å². The van der Waals surface area contributed by atoms with Crippen molar-refractivity contribution in [1.29, 1.82) is 0 Å². The van der Waals surface area contributed by atoms with Crippen LogP contribution in [0.15, 0.2) is 47.0 Å². The van der Waals surface area contributed by atoms with Crippen molar-refractivity contribution in [3.05, 3.63) is 64.8 Å². The van der Waals surface area contributed by atoms with Crippen LogP contribution in [-0.2, 0) is 6.54 Å². The number of hydrogen-bond acceptors (Lipinski definition) is 5. The first-order valence-corrected chi connectivity index (χ1v) is 8.32. The fourth-order valence-corrected chi connectivity index (χ4v) is 2.94. The van der Waals surface area contributed by atoms with Crippen LogP contribution in [0.1, 0.15) is 27.2 Å². The molecule has 1 aliphatic heterocycles. The molecule has 0 bridgehead atoms. The minimum Gasteiger partial charge on any atom is -0.454 e. The molecule has 1 amide bonds. The van der Waals surface area contributed by atoms with Crippen LogP contribution < -0.4 is 14.8 Å². The summed E-state index contributed by atoms with van der Waals surface area (Å²) in [6, 6.07) is 13.4. The number of benzene rings is 2. The van der Waals surface area contributed by atoms with E-state index in [1.54, 1.807) is 19.1 Å². The maximum absolute atomic E-state index is 12.8. The molecule has 0 atom stereocenters. The Morgan fingerprint density at radius 2 is 1.92 bits per heavy atom. The van der Waals surface area contributed by atoms with Crippen LogP contribution in [0.4, 0.5) is 0 Å². The number of carbonyl (C=O) groups is 1. The summed E-state index contributed by atoms with van der Waals surface area (Å²) >= 11 is 0. The number of amides is 1. The van der Waals surface area contributed by atoms with E-state index in [2.05, 4.69) is 10.5 Å². The van der Waals surface area contributed by atoms with Crippen LogP contribution in [0, 0.1) is 13.8 Å². The van der Waals surface area contributed by atoms with Crippen LogP contribution in [0.3, 0.4) is 0 Å². The van der Waals surface area contributed by atoms with Gasteiger partial charge in [0.1, 0.15) is 5.56 Å². The predicted molar refractivity (Wildman–Crippen MR) is 95.1 cm³/mol. The van der Waals surface area contributed by atoms with E-state index in [-0.39, 0.29) is 12.7 Å². The molecule has 1 N–H and O–H groups in total. The Labute approximate surface area is 150 Å². The molecule has 0 aliphatic carbocycles. The zero-order valence-corrected chi connectivity index (χ0v) is 14.5. The number of aromatic nitrogens is 1. The molecule has 26 heavy (non-hydrogen) atoms. The summed E-state index contributed by atoms with van der Waals surface area (Å²) in [7, 11) is 0. The van der Waals surface area contributed by atoms with Gasteiger partial charge in [-0.05, 0) is 43.2 Å². The van der Waals surface area contributed by atoms with Gasteiger partial charge in [0.2, 0.25) is 6.79 Å². The van der Waals surface area contributed by atoms with E-state index in [0.717, 1.165) is 16.7 Å². The molecule has 6 heteroatoms. The third-order valence-electron chi connectivity index (χ3n) is 4.43. The third-order valence-corrected chi connectivity index (χ3v) is 4.43. The van der Waals surface area contributed by atoms with Crippen molar-refractivity contribution < 1.29 is 18.8 Å². The first-order valence-electron chi connectivity index (χ1n) is 8.32. The highest BCUT2D eigenvalue weighted by molar-refractivity contribution is 6.00. The molecule has 0 radical (unpaired) electrons. The Morgan fingerprint density at radius 1 is 1.12 bits per heavy atom. The van der Waals surface area contributed by atoms with E-state index >= 15 is 0 Å². The zero-order chi connectivity index (χ0) is 18.1. The Kier molecular flexibility index (Phi) is 4.08. The summed E-state index contributed by atoms with van der Waals surface area (Å²) in [5, 5.41) is 6.92. The second kappa shape index (κ2) is 6.55. The first kappa shape index (κ1) is 16.2. The van der Waals surface area contributed by atoms with Gasteiger partial charge in [0, 0.05) is 12.1 Å². The van der Waals surface area contributed by atoms with Crippen molar-refractivity contribution in [2.75, 3.05) is 6.79 Å². The third kappa shape index (κ3) is 2.90. The molecule has 0 saturated heterocycles. The molecule has 4 rings (SSSR count). The van der Waals surface area contributed by atoms with Crippen molar-refractivity contribution in [3.8, 4) is 22.8 Å². The number of carbonyl (C=O) groups excluding carboxylic acids is 1. The second-order valence-electron chi connectivity index (χ2n) is 6.15. The average molecular weight is 350 g/mol. The van der Waals surface area contributed by atoms with Crippen LogP contribution >= 0.6 is 0 Å². The number of nitrogens with one attached hydrogen (secondary N) is 1. The van der Waals surface area contributed by atoms with E-state index in [1.807, 2.05) is 37.3 Å².